The molecule has 1 unspecified atom stereocenters. The summed E-state index contributed by atoms with van der Waals surface area (Å²) in [6, 6.07) is 14.0. The zero-order chi connectivity index (χ0) is 18.4. The van der Waals surface area contributed by atoms with E-state index in [1.807, 2.05) is 17.5 Å². The maximum absolute atomic E-state index is 12.5. The molecule has 0 N–H and O–H groups in total. The summed E-state index contributed by atoms with van der Waals surface area (Å²) in [6.07, 6.45) is 1.63. The van der Waals surface area contributed by atoms with Crippen LogP contribution in [-0.4, -0.2) is 21.4 Å². The topological polar surface area (TPSA) is 65.5 Å². The highest BCUT2D eigenvalue weighted by Gasteiger charge is 2.13. The van der Waals surface area contributed by atoms with E-state index in [1.165, 1.54) is 11.3 Å². The van der Waals surface area contributed by atoms with Crippen molar-refractivity contribution in [3.63, 3.8) is 0 Å². The van der Waals surface area contributed by atoms with Crippen molar-refractivity contribution in [1.82, 2.24) is 4.98 Å². The Labute approximate surface area is 158 Å². The summed E-state index contributed by atoms with van der Waals surface area (Å²) in [7, 11) is -0.974. The summed E-state index contributed by atoms with van der Waals surface area (Å²) in [5.41, 5.74) is 3.79. The van der Waals surface area contributed by atoms with E-state index < -0.39 is 16.8 Å². The number of thiazole rings is 1. The Morgan fingerprint density at radius 3 is 2.69 bits per heavy atom. The van der Waals surface area contributed by atoms with Gasteiger partial charge in [0.2, 0.25) is 0 Å². The zero-order valence-corrected chi connectivity index (χ0v) is 15.7. The maximum Gasteiger partial charge on any atom is 0.343 e. The number of hydrogen-bond acceptors (Lipinski definition) is 6. The minimum absolute atomic E-state index is 0.301. The second kappa shape index (κ2) is 8.73. The Morgan fingerprint density at radius 2 is 1.96 bits per heavy atom. The standard InChI is InChI=1S/C19H17NO4S2/c1-26(22)12-14-5-4-6-15(9-14)19(21)24-18-8-3-2-7-17(18)23-10-16-11-25-13-20-16/h2-9,11,13H,10,12H2,1H3. The van der Waals surface area contributed by atoms with Gasteiger partial charge in [-0.2, -0.15) is 0 Å². The van der Waals surface area contributed by atoms with Gasteiger partial charge in [-0.15, -0.1) is 11.3 Å². The van der Waals surface area contributed by atoms with E-state index in [4.69, 9.17) is 9.47 Å². The first-order valence-electron chi connectivity index (χ1n) is 7.82. The summed E-state index contributed by atoms with van der Waals surface area (Å²) in [4.78, 5) is 16.6. The number of ether oxygens (including phenoxy) is 2. The number of carbonyl (C=O) groups excluding carboxylic acids is 1. The molecule has 0 amide bonds. The van der Waals surface area contributed by atoms with Gasteiger partial charge in [-0.1, -0.05) is 24.3 Å². The number of hydrogen-bond donors (Lipinski definition) is 0. The Kier molecular flexibility index (Phi) is 6.14. The highest BCUT2D eigenvalue weighted by atomic mass is 32.2. The van der Waals surface area contributed by atoms with Gasteiger partial charge in [0.1, 0.15) is 6.61 Å². The molecular formula is C19H17NO4S2. The lowest BCUT2D eigenvalue weighted by Crippen LogP contribution is -2.10. The van der Waals surface area contributed by atoms with Crippen molar-refractivity contribution in [2.24, 2.45) is 0 Å². The lowest BCUT2D eigenvalue weighted by molar-refractivity contribution is 0.0727. The summed E-state index contributed by atoms with van der Waals surface area (Å²) in [5.74, 6) is 0.726. The molecular weight excluding hydrogens is 370 g/mol. The summed E-state index contributed by atoms with van der Waals surface area (Å²) in [6.45, 7) is 0.301. The quantitative estimate of drug-likeness (QED) is 0.455. The predicted octanol–water partition coefficient (Wildman–Crippen LogP) is 3.82. The van der Waals surface area contributed by atoms with E-state index in [9.17, 15) is 9.00 Å². The third-order valence-corrected chi connectivity index (χ3v) is 4.82. The number of benzene rings is 2. The summed E-state index contributed by atoms with van der Waals surface area (Å²) in [5, 5.41) is 1.90. The second-order valence-corrected chi connectivity index (χ2v) is 7.68. The third-order valence-electron chi connectivity index (χ3n) is 3.44. The fourth-order valence-corrected chi connectivity index (χ4v) is 3.49. The molecule has 5 nitrogen and oxygen atoms in total. The van der Waals surface area contributed by atoms with Crippen LogP contribution in [0, 0.1) is 0 Å². The molecule has 3 aromatic rings. The van der Waals surface area contributed by atoms with Crippen LogP contribution in [0.3, 0.4) is 0 Å². The van der Waals surface area contributed by atoms with Gasteiger partial charge in [0.25, 0.3) is 0 Å². The molecule has 0 fully saturated rings. The zero-order valence-electron chi connectivity index (χ0n) is 14.1. The van der Waals surface area contributed by atoms with Crippen LogP contribution in [0.2, 0.25) is 0 Å². The van der Waals surface area contributed by atoms with Crippen molar-refractivity contribution in [3.8, 4) is 11.5 Å². The van der Waals surface area contributed by atoms with Crippen LogP contribution in [0.4, 0.5) is 0 Å². The van der Waals surface area contributed by atoms with Crippen LogP contribution in [-0.2, 0) is 23.2 Å². The predicted molar refractivity (Wildman–Crippen MR) is 102 cm³/mol. The van der Waals surface area contributed by atoms with Gasteiger partial charge in [0.05, 0.1) is 16.8 Å². The molecule has 1 aromatic heterocycles. The minimum Gasteiger partial charge on any atom is -0.483 e. The Bertz CT molecular complexity index is 909. The van der Waals surface area contributed by atoms with Crippen LogP contribution in [0.5, 0.6) is 11.5 Å². The number of carbonyl (C=O) groups is 1. The fraction of sp³-hybridized carbons (Fsp3) is 0.158. The number of aromatic nitrogens is 1. The number of para-hydroxylation sites is 2. The van der Waals surface area contributed by atoms with Crippen molar-refractivity contribution in [2.45, 2.75) is 12.4 Å². The molecule has 0 radical (unpaired) electrons. The monoisotopic (exact) mass is 387 g/mol. The Morgan fingerprint density at radius 1 is 1.15 bits per heavy atom. The number of rotatable bonds is 7. The molecule has 0 aliphatic heterocycles. The van der Waals surface area contributed by atoms with Crippen molar-refractivity contribution in [1.29, 1.82) is 0 Å². The fourth-order valence-electron chi connectivity index (χ4n) is 2.30. The van der Waals surface area contributed by atoms with Crippen molar-refractivity contribution >= 4 is 28.1 Å². The number of nitrogens with zero attached hydrogens (tertiary/aromatic N) is 1. The van der Waals surface area contributed by atoms with Gasteiger partial charge in [-0.05, 0) is 29.8 Å². The van der Waals surface area contributed by atoms with Crippen LogP contribution >= 0.6 is 11.3 Å². The van der Waals surface area contributed by atoms with E-state index in [-0.39, 0.29) is 0 Å². The van der Waals surface area contributed by atoms with E-state index in [0.29, 0.717) is 29.4 Å². The van der Waals surface area contributed by atoms with Crippen molar-refractivity contribution in [2.75, 3.05) is 6.26 Å². The first-order valence-corrected chi connectivity index (χ1v) is 10.5. The molecule has 134 valence electrons. The summed E-state index contributed by atoms with van der Waals surface area (Å²) >= 11 is 1.49. The normalized spacial score (nSPS) is 11.7. The molecule has 0 bridgehead atoms. The molecule has 7 heteroatoms. The average Bonchev–Trinajstić information content (AvgIpc) is 3.14. The molecule has 0 aliphatic rings. The molecule has 1 heterocycles. The molecule has 0 spiro atoms. The van der Waals surface area contributed by atoms with Gasteiger partial charge in [0.15, 0.2) is 11.5 Å². The average molecular weight is 387 g/mol. The van der Waals surface area contributed by atoms with Crippen LogP contribution in [0.25, 0.3) is 0 Å². The number of esters is 1. The first kappa shape index (κ1) is 18.3. The minimum atomic E-state index is -0.974. The van der Waals surface area contributed by atoms with Gasteiger partial charge in [-0.25, -0.2) is 9.78 Å². The lowest BCUT2D eigenvalue weighted by atomic mass is 10.1. The molecule has 26 heavy (non-hydrogen) atoms. The maximum atomic E-state index is 12.5. The molecule has 3 rings (SSSR count). The van der Waals surface area contributed by atoms with Crippen LogP contribution in [0.15, 0.2) is 59.4 Å². The largest absolute Gasteiger partial charge is 0.483 e. The second-order valence-electron chi connectivity index (χ2n) is 5.52. The molecule has 0 saturated carbocycles. The van der Waals surface area contributed by atoms with Crippen molar-refractivity contribution in [3.05, 3.63) is 76.2 Å². The highest BCUT2D eigenvalue weighted by Crippen LogP contribution is 2.28. The van der Waals surface area contributed by atoms with Crippen molar-refractivity contribution < 1.29 is 18.5 Å². The Hall–Kier alpha value is -2.51. The van der Waals surface area contributed by atoms with Gasteiger partial charge in [-0.3, -0.25) is 4.21 Å². The molecule has 2 aromatic carbocycles. The highest BCUT2D eigenvalue weighted by molar-refractivity contribution is 7.83. The van der Waals surface area contributed by atoms with Gasteiger partial charge < -0.3 is 9.47 Å². The molecule has 1 atom stereocenters. The Balaban J connectivity index is 1.72. The smallest absolute Gasteiger partial charge is 0.343 e. The SMILES string of the molecule is CS(=O)Cc1cccc(C(=O)Oc2ccccc2OCc2cscn2)c1. The van der Waals surface area contributed by atoms with E-state index in [1.54, 1.807) is 48.2 Å². The third kappa shape index (κ3) is 5.00. The lowest BCUT2D eigenvalue weighted by Gasteiger charge is -2.11. The van der Waals surface area contributed by atoms with Crippen LogP contribution < -0.4 is 9.47 Å². The van der Waals surface area contributed by atoms with Gasteiger partial charge >= 0.3 is 5.97 Å². The van der Waals surface area contributed by atoms with E-state index in [2.05, 4.69) is 4.98 Å². The first-order chi connectivity index (χ1) is 12.6. The summed E-state index contributed by atoms with van der Waals surface area (Å²) < 4.78 is 22.6. The molecule has 0 aliphatic carbocycles. The molecule has 0 saturated heterocycles. The van der Waals surface area contributed by atoms with E-state index in [0.717, 1.165) is 11.3 Å². The van der Waals surface area contributed by atoms with E-state index >= 15 is 0 Å². The van der Waals surface area contributed by atoms with Crippen LogP contribution in [0.1, 0.15) is 21.6 Å². The van der Waals surface area contributed by atoms with Gasteiger partial charge in [0, 0.05) is 28.2 Å².